The SMILES string of the molecule is COc1ccc(C=CC(=O)Nc2cccc(C(F)(F)F)c2)cc1OC. The molecule has 2 rings (SSSR count). The van der Waals surface area contributed by atoms with Crippen LogP contribution in [0.1, 0.15) is 11.1 Å². The van der Waals surface area contributed by atoms with Crippen LogP contribution in [0.5, 0.6) is 11.5 Å². The van der Waals surface area contributed by atoms with Gasteiger partial charge in [0, 0.05) is 11.8 Å². The van der Waals surface area contributed by atoms with Crippen molar-refractivity contribution >= 4 is 17.7 Å². The molecule has 0 spiro atoms. The Morgan fingerprint density at radius 3 is 2.40 bits per heavy atom. The number of amides is 1. The molecule has 0 heterocycles. The van der Waals surface area contributed by atoms with Gasteiger partial charge in [-0.3, -0.25) is 4.79 Å². The molecule has 0 unspecified atom stereocenters. The van der Waals surface area contributed by atoms with Crippen molar-refractivity contribution in [2.45, 2.75) is 6.18 Å². The molecule has 2 aromatic rings. The number of alkyl halides is 3. The minimum absolute atomic E-state index is 0.0665. The average molecular weight is 351 g/mol. The van der Waals surface area contributed by atoms with Crippen LogP contribution in [0.2, 0.25) is 0 Å². The van der Waals surface area contributed by atoms with Gasteiger partial charge in [-0.2, -0.15) is 13.2 Å². The molecule has 0 bridgehead atoms. The first-order valence-corrected chi connectivity index (χ1v) is 7.22. The first-order chi connectivity index (χ1) is 11.8. The second-order valence-electron chi connectivity index (χ2n) is 5.02. The number of benzene rings is 2. The Morgan fingerprint density at radius 2 is 1.76 bits per heavy atom. The van der Waals surface area contributed by atoms with E-state index in [9.17, 15) is 18.0 Å². The summed E-state index contributed by atoms with van der Waals surface area (Å²) >= 11 is 0. The standard InChI is InChI=1S/C18H16F3NO3/c1-24-15-8-6-12(10-16(15)25-2)7-9-17(23)22-14-5-3-4-13(11-14)18(19,20)21/h3-11H,1-2H3,(H,22,23). The third-order valence-corrected chi connectivity index (χ3v) is 3.29. The fourth-order valence-electron chi connectivity index (χ4n) is 2.09. The van der Waals surface area contributed by atoms with Crippen molar-refractivity contribution < 1.29 is 27.4 Å². The van der Waals surface area contributed by atoms with Crippen LogP contribution in [0.25, 0.3) is 6.08 Å². The van der Waals surface area contributed by atoms with Gasteiger partial charge in [0.15, 0.2) is 11.5 Å². The molecule has 132 valence electrons. The van der Waals surface area contributed by atoms with Gasteiger partial charge in [-0.25, -0.2) is 0 Å². The second-order valence-corrected chi connectivity index (χ2v) is 5.02. The van der Waals surface area contributed by atoms with Gasteiger partial charge in [0.1, 0.15) is 0 Å². The number of hydrogen-bond donors (Lipinski definition) is 1. The summed E-state index contributed by atoms with van der Waals surface area (Å²) < 4.78 is 48.3. The zero-order chi connectivity index (χ0) is 18.4. The van der Waals surface area contributed by atoms with Gasteiger partial charge in [-0.1, -0.05) is 12.1 Å². The molecule has 4 nitrogen and oxygen atoms in total. The maximum atomic E-state index is 12.7. The lowest BCUT2D eigenvalue weighted by atomic mass is 10.1. The third kappa shape index (κ3) is 5.00. The Kier molecular flexibility index (Phi) is 5.69. The molecule has 0 radical (unpaired) electrons. The number of carbonyl (C=O) groups is 1. The van der Waals surface area contributed by atoms with Crippen LogP contribution in [0.3, 0.4) is 0 Å². The number of anilines is 1. The van der Waals surface area contributed by atoms with Gasteiger partial charge in [-0.15, -0.1) is 0 Å². The normalized spacial score (nSPS) is 11.4. The van der Waals surface area contributed by atoms with Crippen LogP contribution in [0.4, 0.5) is 18.9 Å². The minimum Gasteiger partial charge on any atom is -0.493 e. The van der Waals surface area contributed by atoms with E-state index in [1.807, 2.05) is 0 Å². The van der Waals surface area contributed by atoms with Gasteiger partial charge in [0.05, 0.1) is 19.8 Å². The molecule has 0 aliphatic heterocycles. The van der Waals surface area contributed by atoms with E-state index >= 15 is 0 Å². The number of methoxy groups -OCH3 is 2. The van der Waals surface area contributed by atoms with Crippen molar-refractivity contribution in [1.82, 2.24) is 0 Å². The zero-order valence-corrected chi connectivity index (χ0v) is 13.6. The van der Waals surface area contributed by atoms with Crippen LogP contribution in [-0.2, 0) is 11.0 Å². The molecule has 0 aliphatic rings. The van der Waals surface area contributed by atoms with E-state index in [0.717, 1.165) is 12.1 Å². The molecule has 1 N–H and O–H groups in total. The van der Waals surface area contributed by atoms with E-state index in [1.54, 1.807) is 18.2 Å². The maximum absolute atomic E-state index is 12.7. The molecule has 1 amide bonds. The molecule has 0 aliphatic carbocycles. The first-order valence-electron chi connectivity index (χ1n) is 7.22. The number of hydrogen-bond acceptors (Lipinski definition) is 3. The smallest absolute Gasteiger partial charge is 0.416 e. The van der Waals surface area contributed by atoms with E-state index in [2.05, 4.69) is 5.32 Å². The average Bonchev–Trinajstić information content (AvgIpc) is 2.59. The molecule has 0 atom stereocenters. The highest BCUT2D eigenvalue weighted by molar-refractivity contribution is 6.02. The summed E-state index contributed by atoms with van der Waals surface area (Å²) in [5, 5.41) is 2.39. The number of carbonyl (C=O) groups excluding carboxylic acids is 1. The van der Waals surface area contributed by atoms with Crippen molar-refractivity contribution in [3.63, 3.8) is 0 Å². The van der Waals surface area contributed by atoms with E-state index in [1.165, 1.54) is 38.5 Å². The monoisotopic (exact) mass is 351 g/mol. The summed E-state index contributed by atoms with van der Waals surface area (Å²) in [6.45, 7) is 0. The van der Waals surface area contributed by atoms with Crippen LogP contribution in [0.15, 0.2) is 48.5 Å². The Labute approximate surface area is 142 Å². The lowest BCUT2D eigenvalue weighted by molar-refractivity contribution is -0.137. The number of rotatable bonds is 5. The van der Waals surface area contributed by atoms with Crippen LogP contribution in [0, 0.1) is 0 Å². The molecule has 0 aromatic heterocycles. The Morgan fingerprint density at radius 1 is 1.04 bits per heavy atom. The zero-order valence-electron chi connectivity index (χ0n) is 13.6. The predicted octanol–water partition coefficient (Wildman–Crippen LogP) is 4.37. The summed E-state index contributed by atoms with van der Waals surface area (Å²) in [7, 11) is 3.00. The molecular formula is C18H16F3NO3. The summed E-state index contributed by atoms with van der Waals surface area (Å²) in [4.78, 5) is 11.9. The van der Waals surface area contributed by atoms with Gasteiger partial charge >= 0.3 is 6.18 Å². The molecule has 7 heteroatoms. The van der Waals surface area contributed by atoms with E-state index in [0.29, 0.717) is 17.1 Å². The lowest BCUT2D eigenvalue weighted by Gasteiger charge is -2.09. The number of halogens is 3. The van der Waals surface area contributed by atoms with E-state index < -0.39 is 17.6 Å². The fraction of sp³-hybridized carbons (Fsp3) is 0.167. The van der Waals surface area contributed by atoms with Crippen molar-refractivity contribution in [1.29, 1.82) is 0 Å². The Bertz CT molecular complexity index is 785. The quantitative estimate of drug-likeness (QED) is 0.814. The number of ether oxygens (including phenoxy) is 2. The predicted molar refractivity (Wildman–Crippen MR) is 88.7 cm³/mol. The van der Waals surface area contributed by atoms with E-state index in [-0.39, 0.29) is 5.69 Å². The van der Waals surface area contributed by atoms with Gasteiger partial charge in [0.2, 0.25) is 5.91 Å². The van der Waals surface area contributed by atoms with Crippen LogP contribution in [-0.4, -0.2) is 20.1 Å². The summed E-state index contributed by atoms with van der Waals surface area (Å²) in [5.41, 5.74) is -0.0807. The lowest BCUT2D eigenvalue weighted by Crippen LogP contribution is -2.10. The maximum Gasteiger partial charge on any atom is 0.416 e. The van der Waals surface area contributed by atoms with Gasteiger partial charge in [0.25, 0.3) is 0 Å². The third-order valence-electron chi connectivity index (χ3n) is 3.29. The molecular weight excluding hydrogens is 335 g/mol. The Hall–Kier alpha value is -2.96. The summed E-state index contributed by atoms with van der Waals surface area (Å²) in [5.74, 6) is 0.505. The van der Waals surface area contributed by atoms with E-state index in [4.69, 9.17) is 9.47 Å². The molecule has 25 heavy (non-hydrogen) atoms. The number of nitrogens with one attached hydrogen (secondary N) is 1. The van der Waals surface area contributed by atoms with Crippen LogP contribution < -0.4 is 14.8 Å². The summed E-state index contributed by atoms with van der Waals surface area (Å²) in [6.07, 6.45) is -1.72. The largest absolute Gasteiger partial charge is 0.493 e. The van der Waals surface area contributed by atoms with Gasteiger partial charge in [-0.05, 0) is 42.0 Å². The van der Waals surface area contributed by atoms with Crippen molar-refractivity contribution in [3.8, 4) is 11.5 Å². The fourth-order valence-corrected chi connectivity index (χ4v) is 2.09. The molecule has 2 aromatic carbocycles. The first kappa shape index (κ1) is 18.4. The highest BCUT2D eigenvalue weighted by atomic mass is 19.4. The van der Waals surface area contributed by atoms with Gasteiger partial charge < -0.3 is 14.8 Å². The minimum atomic E-state index is -4.46. The molecule has 0 saturated heterocycles. The second kappa shape index (κ2) is 7.74. The van der Waals surface area contributed by atoms with Crippen LogP contribution >= 0.6 is 0 Å². The molecule has 0 saturated carbocycles. The highest BCUT2D eigenvalue weighted by Crippen LogP contribution is 2.31. The highest BCUT2D eigenvalue weighted by Gasteiger charge is 2.30. The topological polar surface area (TPSA) is 47.6 Å². The molecule has 0 fully saturated rings. The van der Waals surface area contributed by atoms with Crippen molar-refractivity contribution in [3.05, 3.63) is 59.7 Å². The van der Waals surface area contributed by atoms with Crippen molar-refractivity contribution in [2.24, 2.45) is 0 Å². The summed E-state index contributed by atoms with van der Waals surface area (Å²) in [6, 6.07) is 9.51. The Balaban J connectivity index is 2.09. The van der Waals surface area contributed by atoms with Crippen molar-refractivity contribution in [2.75, 3.05) is 19.5 Å².